The van der Waals surface area contributed by atoms with E-state index in [4.69, 9.17) is 14.2 Å². The van der Waals surface area contributed by atoms with Crippen molar-refractivity contribution in [1.82, 2.24) is 0 Å². The summed E-state index contributed by atoms with van der Waals surface area (Å²) < 4.78 is 16.0. The average Bonchev–Trinajstić information content (AvgIpc) is 3.10. The molecule has 0 aliphatic carbocycles. The van der Waals surface area contributed by atoms with Gasteiger partial charge < -0.3 is 14.2 Å². The van der Waals surface area contributed by atoms with Crippen LogP contribution in [0.3, 0.4) is 0 Å². The number of methoxy groups -OCH3 is 1. The second kappa shape index (κ2) is 39.3. The molecule has 5 nitrogen and oxygen atoms in total. The first-order valence-corrected chi connectivity index (χ1v) is 19.2. The second-order valence-corrected chi connectivity index (χ2v) is 12.2. The van der Waals surface area contributed by atoms with E-state index >= 15 is 0 Å². The summed E-state index contributed by atoms with van der Waals surface area (Å²) in [6.45, 7) is 4.67. The van der Waals surface area contributed by atoms with Crippen molar-refractivity contribution in [2.45, 2.75) is 148 Å². The summed E-state index contributed by atoms with van der Waals surface area (Å²) in [5.41, 5.74) is 0. The fourth-order valence-electron chi connectivity index (χ4n) is 4.66. The number of ether oxygens (including phenoxy) is 3. The van der Waals surface area contributed by atoms with Crippen LogP contribution in [0.1, 0.15) is 142 Å². The molecule has 0 aromatic rings. The maximum atomic E-state index is 12.3. The first-order valence-electron chi connectivity index (χ1n) is 19.2. The normalized spacial score (nSPS) is 13.3. The third-order valence-corrected chi connectivity index (χ3v) is 7.50. The zero-order chi connectivity index (χ0) is 35.7. The van der Waals surface area contributed by atoms with Gasteiger partial charge in [-0.2, -0.15) is 0 Å². The van der Waals surface area contributed by atoms with Crippen molar-refractivity contribution in [2.75, 3.05) is 20.3 Å². The van der Waals surface area contributed by atoms with Gasteiger partial charge in [-0.15, -0.1) is 0 Å². The molecule has 0 spiro atoms. The number of rotatable bonds is 33. The molecular formula is C44H70O5. The van der Waals surface area contributed by atoms with Crippen molar-refractivity contribution in [2.24, 2.45) is 0 Å². The highest BCUT2D eigenvalue weighted by Gasteiger charge is 2.16. The van der Waals surface area contributed by atoms with Gasteiger partial charge in [0.2, 0.25) is 0 Å². The van der Waals surface area contributed by atoms with Crippen LogP contribution in [-0.2, 0) is 23.8 Å². The fourth-order valence-corrected chi connectivity index (χ4v) is 4.66. The maximum absolute atomic E-state index is 12.3. The lowest BCUT2D eigenvalue weighted by Crippen LogP contribution is -2.29. The van der Waals surface area contributed by atoms with Gasteiger partial charge in [0.25, 0.3) is 0 Å². The molecule has 0 heterocycles. The predicted molar refractivity (Wildman–Crippen MR) is 210 cm³/mol. The summed E-state index contributed by atoms with van der Waals surface area (Å²) in [4.78, 5) is 24.5. The van der Waals surface area contributed by atoms with Gasteiger partial charge >= 0.3 is 11.9 Å². The molecule has 1 unspecified atom stereocenters. The van der Waals surface area contributed by atoms with Gasteiger partial charge in [0.15, 0.2) is 6.10 Å². The Balaban J connectivity index is 3.91. The van der Waals surface area contributed by atoms with Gasteiger partial charge in [-0.1, -0.05) is 137 Å². The van der Waals surface area contributed by atoms with E-state index in [0.717, 1.165) is 57.8 Å². The average molecular weight is 679 g/mol. The Morgan fingerprint density at radius 2 is 0.796 bits per heavy atom. The van der Waals surface area contributed by atoms with E-state index in [-0.39, 0.29) is 25.2 Å². The number of carbonyl (C=O) groups excluding carboxylic acids is 2. The summed E-state index contributed by atoms with van der Waals surface area (Å²) in [6, 6.07) is 0. The first kappa shape index (κ1) is 45.8. The Hall–Kier alpha value is -3.18. The Morgan fingerprint density at radius 3 is 1.16 bits per heavy atom. The van der Waals surface area contributed by atoms with Gasteiger partial charge in [-0.05, 0) is 89.9 Å². The third kappa shape index (κ3) is 37.5. The van der Waals surface area contributed by atoms with E-state index in [0.29, 0.717) is 19.3 Å². The second-order valence-electron chi connectivity index (χ2n) is 12.2. The Kier molecular flexibility index (Phi) is 36.7. The van der Waals surface area contributed by atoms with Crippen LogP contribution in [0.15, 0.2) is 97.2 Å². The van der Waals surface area contributed by atoms with E-state index in [1.165, 1.54) is 51.4 Å². The lowest BCUT2D eigenvalue weighted by Gasteiger charge is -2.17. The van der Waals surface area contributed by atoms with E-state index in [1.54, 1.807) is 7.11 Å². The SMILES string of the molecule is CCCCC/C=C\C/C=C\C/C=C\C/C=C\CCCC(=O)OCC(COC)OC(=O)CCC/C=C\C/C=C\C/C=C\C/C=C\CCCCC. The molecule has 0 saturated heterocycles. The van der Waals surface area contributed by atoms with Gasteiger partial charge in [-0.3, -0.25) is 9.59 Å². The zero-order valence-electron chi connectivity index (χ0n) is 31.4. The number of allylic oxidation sites excluding steroid dienone is 16. The number of carbonyl (C=O) groups is 2. The Labute approximate surface area is 301 Å². The molecular weight excluding hydrogens is 608 g/mol. The Bertz CT molecular complexity index is 995. The molecule has 5 heteroatoms. The standard InChI is InChI=1S/C44H70O5/c1-4-6-8-10-12-14-16-18-20-22-24-26-28-30-32-34-36-38-43(45)48-41-42(40-47-3)49-44(46)39-37-35-33-31-29-27-25-23-21-19-17-15-13-11-9-7-5-2/h12-15,18-21,24-27,30-33,42H,4-11,16-17,22-23,28-29,34-41H2,1-3H3/b14-12-,15-13-,20-18-,21-19-,26-24-,27-25-,32-30-,33-31-. The van der Waals surface area contributed by atoms with E-state index in [9.17, 15) is 9.59 Å². The molecule has 49 heavy (non-hydrogen) atoms. The maximum Gasteiger partial charge on any atom is 0.306 e. The molecule has 0 N–H and O–H groups in total. The van der Waals surface area contributed by atoms with E-state index < -0.39 is 6.10 Å². The molecule has 0 aliphatic heterocycles. The van der Waals surface area contributed by atoms with Gasteiger partial charge in [-0.25, -0.2) is 0 Å². The summed E-state index contributed by atoms with van der Waals surface area (Å²) >= 11 is 0. The molecule has 0 aromatic heterocycles. The molecule has 0 aliphatic rings. The van der Waals surface area contributed by atoms with E-state index in [1.807, 2.05) is 0 Å². The van der Waals surface area contributed by atoms with Crippen molar-refractivity contribution in [1.29, 1.82) is 0 Å². The fraction of sp³-hybridized carbons (Fsp3) is 0.591. The third-order valence-electron chi connectivity index (χ3n) is 7.50. The van der Waals surface area contributed by atoms with Gasteiger partial charge in [0, 0.05) is 20.0 Å². The van der Waals surface area contributed by atoms with Gasteiger partial charge in [0.1, 0.15) is 6.61 Å². The highest BCUT2D eigenvalue weighted by molar-refractivity contribution is 5.70. The number of esters is 2. The van der Waals surface area contributed by atoms with E-state index in [2.05, 4.69) is 111 Å². The minimum Gasteiger partial charge on any atom is -0.462 e. The Morgan fingerprint density at radius 1 is 0.449 bits per heavy atom. The van der Waals surface area contributed by atoms with Crippen LogP contribution in [0.25, 0.3) is 0 Å². The summed E-state index contributed by atoms with van der Waals surface area (Å²) in [6.07, 6.45) is 54.0. The molecule has 0 rings (SSSR count). The topological polar surface area (TPSA) is 61.8 Å². The summed E-state index contributed by atoms with van der Waals surface area (Å²) in [5.74, 6) is -0.580. The van der Waals surface area contributed by atoms with Crippen LogP contribution in [0.2, 0.25) is 0 Å². The molecule has 276 valence electrons. The number of hydrogen-bond acceptors (Lipinski definition) is 5. The smallest absolute Gasteiger partial charge is 0.306 e. The summed E-state index contributed by atoms with van der Waals surface area (Å²) in [5, 5.41) is 0. The predicted octanol–water partition coefficient (Wildman–Crippen LogP) is 12.4. The van der Waals surface area contributed by atoms with Crippen molar-refractivity contribution in [3.8, 4) is 0 Å². The van der Waals surface area contributed by atoms with Crippen molar-refractivity contribution < 1.29 is 23.8 Å². The molecule has 0 radical (unpaired) electrons. The highest BCUT2D eigenvalue weighted by Crippen LogP contribution is 2.07. The first-order chi connectivity index (χ1) is 24.1. The van der Waals surface area contributed by atoms with Crippen LogP contribution in [0.5, 0.6) is 0 Å². The number of hydrogen-bond donors (Lipinski definition) is 0. The molecule has 0 amide bonds. The highest BCUT2D eigenvalue weighted by atomic mass is 16.6. The van der Waals surface area contributed by atoms with Crippen molar-refractivity contribution >= 4 is 11.9 Å². The molecule has 0 fully saturated rings. The summed E-state index contributed by atoms with van der Waals surface area (Å²) in [7, 11) is 1.54. The molecule has 0 bridgehead atoms. The molecule has 0 saturated carbocycles. The monoisotopic (exact) mass is 679 g/mol. The zero-order valence-corrected chi connectivity index (χ0v) is 31.4. The molecule has 0 aromatic carbocycles. The van der Waals surface area contributed by atoms with Crippen molar-refractivity contribution in [3.05, 3.63) is 97.2 Å². The quantitative estimate of drug-likeness (QED) is 0.0393. The largest absolute Gasteiger partial charge is 0.462 e. The minimum atomic E-state index is -0.591. The number of unbranched alkanes of at least 4 members (excludes halogenated alkanes) is 8. The minimum absolute atomic E-state index is 0.0138. The van der Waals surface area contributed by atoms with Crippen LogP contribution in [-0.4, -0.2) is 38.4 Å². The van der Waals surface area contributed by atoms with Crippen molar-refractivity contribution in [3.63, 3.8) is 0 Å². The van der Waals surface area contributed by atoms with Crippen LogP contribution < -0.4 is 0 Å². The van der Waals surface area contributed by atoms with Crippen LogP contribution in [0.4, 0.5) is 0 Å². The lowest BCUT2D eigenvalue weighted by atomic mass is 10.2. The van der Waals surface area contributed by atoms with Crippen LogP contribution >= 0.6 is 0 Å². The lowest BCUT2D eigenvalue weighted by molar-refractivity contribution is -0.162. The molecule has 1 atom stereocenters. The van der Waals surface area contributed by atoms with Gasteiger partial charge in [0.05, 0.1) is 6.61 Å². The van der Waals surface area contributed by atoms with Crippen LogP contribution in [0, 0.1) is 0 Å².